The fraction of sp³-hybridized carbons (Fsp3) is 0.333. The van der Waals surface area contributed by atoms with E-state index in [1.54, 1.807) is 0 Å². The van der Waals surface area contributed by atoms with Gasteiger partial charge in [0.2, 0.25) is 0 Å². The van der Waals surface area contributed by atoms with Gasteiger partial charge in [0.25, 0.3) is 0 Å². The molecule has 0 aromatic rings. The second kappa shape index (κ2) is 4.62. The summed E-state index contributed by atoms with van der Waals surface area (Å²) in [5.74, 6) is 0. The smallest absolute Gasteiger partial charge is 0.0637 e. The topological polar surface area (TPSA) is 43.6 Å². The van der Waals surface area contributed by atoms with Crippen LogP contribution in [-0.2, 0) is 4.99 Å². The summed E-state index contributed by atoms with van der Waals surface area (Å²) >= 11 is 0. The lowest BCUT2D eigenvalue weighted by Crippen LogP contribution is -2.00. The lowest BCUT2D eigenvalue weighted by molar-refractivity contribution is -0.293. The molecule has 0 saturated heterocycles. The van der Waals surface area contributed by atoms with Gasteiger partial charge in [0.1, 0.15) is 0 Å². The summed E-state index contributed by atoms with van der Waals surface area (Å²) in [5, 5.41) is 7.48. The van der Waals surface area contributed by atoms with Crippen LogP contribution >= 0.6 is 0 Å². The van der Waals surface area contributed by atoms with Gasteiger partial charge in [0.15, 0.2) is 0 Å². The van der Waals surface area contributed by atoms with Crippen molar-refractivity contribution in [3.05, 3.63) is 12.7 Å². The molecule has 0 aliphatic carbocycles. The molecule has 0 unspecified atom stereocenters. The van der Waals surface area contributed by atoms with Crippen molar-refractivity contribution >= 4 is 0 Å². The van der Waals surface area contributed by atoms with Gasteiger partial charge in [0, 0.05) is 0 Å². The van der Waals surface area contributed by atoms with E-state index in [0.717, 1.165) is 0 Å². The number of hydroxylamine groups is 1. The Morgan fingerprint density at radius 3 is 2.83 bits per heavy atom. The molecule has 1 radical (unpaired) electrons. The third kappa shape index (κ3) is 3.62. The van der Waals surface area contributed by atoms with Crippen LogP contribution in [0, 0.1) is 0 Å². The van der Waals surface area contributed by atoms with E-state index < -0.39 is 0 Å². The van der Waals surface area contributed by atoms with Crippen LogP contribution in [0.5, 0.6) is 0 Å². The normalized spacial score (nSPS) is 8.17. The highest BCUT2D eigenvalue weighted by atomic mass is 17.2. The van der Waals surface area contributed by atoms with Gasteiger partial charge >= 0.3 is 0 Å². The van der Waals surface area contributed by atoms with Gasteiger partial charge in [-0.05, 0) is 0 Å². The Balaban J connectivity index is 2.49. The summed E-state index contributed by atoms with van der Waals surface area (Å²) in [7, 11) is 0. The predicted octanol–water partition coefficient (Wildman–Crippen LogP) is 0.181. The number of nitrogens with zero attached hydrogens (tertiary/aromatic N) is 1. The van der Waals surface area contributed by atoms with Crippen molar-refractivity contribution in [3.63, 3.8) is 0 Å². The van der Waals surface area contributed by atoms with Crippen molar-refractivity contribution in [2.75, 3.05) is 6.54 Å². The average molecular weight is 88.1 g/mol. The van der Waals surface area contributed by atoms with Crippen molar-refractivity contribution in [2.45, 2.75) is 0 Å². The van der Waals surface area contributed by atoms with Crippen molar-refractivity contribution < 1.29 is 10.2 Å². The van der Waals surface area contributed by atoms with Gasteiger partial charge in [-0.2, -0.15) is 0 Å². The molecule has 0 saturated carbocycles. The standard InChI is InChI=1S/C3H6NO2/c1-2-3-4-6-5/h2,5H,1,3H2. The van der Waals surface area contributed by atoms with Crippen LogP contribution in [0.3, 0.4) is 0 Å². The first-order valence-corrected chi connectivity index (χ1v) is 1.50. The van der Waals surface area contributed by atoms with Gasteiger partial charge in [-0.15, -0.1) is 11.6 Å². The van der Waals surface area contributed by atoms with Gasteiger partial charge < -0.3 is 0 Å². The highest BCUT2D eigenvalue weighted by molar-refractivity contribution is 4.65. The van der Waals surface area contributed by atoms with Crippen LogP contribution in [0.1, 0.15) is 0 Å². The van der Waals surface area contributed by atoms with E-state index in [2.05, 4.69) is 17.0 Å². The minimum absolute atomic E-state index is 0.330. The monoisotopic (exact) mass is 88.0 g/mol. The molecule has 0 aromatic carbocycles. The number of hydrogen-bond donors (Lipinski definition) is 1. The Hall–Kier alpha value is -0.380. The zero-order valence-corrected chi connectivity index (χ0v) is 3.29. The predicted molar refractivity (Wildman–Crippen MR) is 20.9 cm³/mol. The Bertz CT molecular complexity index is 37.8. The SMILES string of the molecule is C=CC[N]OO. The van der Waals surface area contributed by atoms with Crippen molar-refractivity contribution in [1.82, 2.24) is 5.48 Å². The van der Waals surface area contributed by atoms with E-state index in [1.165, 1.54) is 6.08 Å². The zero-order chi connectivity index (χ0) is 4.83. The fourth-order valence-electron chi connectivity index (χ4n) is 0.0860. The lowest BCUT2D eigenvalue weighted by atomic mass is 10.7. The quantitative estimate of drug-likeness (QED) is 0.231. The average Bonchev–Trinajstić information content (AvgIpc) is 1.61. The molecule has 0 amide bonds. The molecule has 0 spiro atoms. The molecule has 6 heavy (non-hydrogen) atoms. The highest BCUT2D eigenvalue weighted by Crippen LogP contribution is 1.58. The van der Waals surface area contributed by atoms with Gasteiger partial charge in [-0.25, -0.2) is 5.26 Å². The van der Waals surface area contributed by atoms with E-state index >= 15 is 0 Å². The molecular formula is C3H6NO2. The van der Waals surface area contributed by atoms with Crippen molar-refractivity contribution in [1.29, 1.82) is 0 Å². The van der Waals surface area contributed by atoms with E-state index in [1.807, 2.05) is 0 Å². The van der Waals surface area contributed by atoms with Crippen molar-refractivity contribution in [3.8, 4) is 0 Å². The van der Waals surface area contributed by atoms with Crippen LogP contribution in [0.2, 0.25) is 0 Å². The van der Waals surface area contributed by atoms with E-state index in [4.69, 9.17) is 5.26 Å². The Labute approximate surface area is 36.1 Å². The first kappa shape index (κ1) is 5.62. The molecule has 0 fully saturated rings. The van der Waals surface area contributed by atoms with Crippen molar-refractivity contribution in [2.24, 2.45) is 0 Å². The Morgan fingerprint density at radius 2 is 2.67 bits per heavy atom. The summed E-state index contributed by atoms with van der Waals surface area (Å²) in [6.07, 6.45) is 1.51. The van der Waals surface area contributed by atoms with E-state index in [9.17, 15) is 0 Å². The zero-order valence-electron chi connectivity index (χ0n) is 3.29. The highest BCUT2D eigenvalue weighted by Gasteiger charge is 1.71. The minimum atomic E-state index is 0.330. The summed E-state index contributed by atoms with van der Waals surface area (Å²) in [5.41, 5.74) is 3.03. The Kier molecular flexibility index (Phi) is 4.33. The second-order valence-corrected chi connectivity index (χ2v) is 0.682. The maximum atomic E-state index is 7.48. The molecule has 0 aliphatic rings. The first-order chi connectivity index (χ1) is 2.91. The molecule has 0 aromatic heterocycles. The summed E-state index contributed by atoms with van der Waals surface area (Å²) in [6, 6.07) is 0. The first-order valence-electron chi connectivity index (χ1n) is 1.50. The molecule has 3 nitrogen and oxygen atoms in total. The molecule has 3 heteroatoms. The molecule has 35 valence electrons. The molecule has 0 atom stereocenters. The molecule has 0 heterocycles. The number of hydrogen-bond acceptors (Lipinski definition) is 2. The largest absolute Gasteiger partial charge is 0.232 e. The lowest BCUT2D eigenvalue weighted by Gasteiger charge is -1.82. The maximum absolute atomic E-state index is 7.48. The summed E-state index contributed by atoms with van der Waals surface area (Å²) in [6.45, 7) is 3.64. The summed E-state index contributed by atoms with van der Waals surface area (Å²) in [4.78, 5) is 3.34. The molecule has 0 aliphatic heterocycles. The Morgan fingerprint density at radius 1 is 2.00 bits per heavy atom. The van der Waals surface area contributed by atoms with Crippen LogP contribution in [0.25, 0.3) is 0 Å². The van der Waals surface area contributed by atoms with E-state index in [-0.39, 0.29) is 0 Å². The molecule has 1 N–H and O–H groups in total. The van der Waals surface area contributed by atoms with Crippen LogP contribution in [-0.4, -0.2) is 11.8 Å². The molecule has 0 rings (SSSR count). The van der Waals surface area contributed by atoms with Gasteiger partial charge in [0.05, 0.1) is 6.54 Å². The van der Waals surface area contributed by atoms with Gasteiger partial charge in [-0.3, -0.25) is 0 Å². The minimum Gasteiger partial charge on any atom is -0.232 e. The van der Waals surface area contributed by atoms with E-state index in [0.29, 0.717) is 6.54 Å². The second-order valence-electron chi connectivity index (χ2n) is 0.682. The number of rotatable bonds is 3. The van der Waals surface area contributed by atoms with Gasteiger partial charge in [-0.1, -0.05) is 11.6 Å². The third-order valence-electron chi connectivity index (χ3n) is 0.261. The van der Waals surface area contributed by atoms with Crippen LogP contribution in [0.15, 0.2) is 12.7 Å². The maximum Gasteiger partial charge on any atom is 0.0637 e. The fourth-order valence-corrected chi connectivity index (χ4v) is 0.0860. The molecular weight excluding hydrogens is 82.0 g/mol. The van der Waals surface area contributed by atoms with Crippen LogP contribution in [0.4, 0.5) is 0 Å². The summed E-state index contributed by atoms with van der Waals surface area (Å²) < 4.78 is 0. The third-order valence-corrected chi connectivity index (χ3v) is 0.261. The molecule has 0 bridgehead atoms. The van der Waals surface area contributed by atoms with Crippen LogP contribution < -0.4 is 5.48 Å².